The van der Waals surface area contributed by atoms with Crippen LogP contribution in [0, 0.1) is 17.8 Å². The Kier molecular flexibility index (Phi) is 25.4. The highest BCUT2D eigenvalue weighted by Crippen LogP contribution is 2.31. The van der Waals surface area contributed by atoms with Gasteiger partial charge in [-0.25, -0.2) is 0 Å². The Labute approximate surface area is 439 Å². The van der Waals surface area contributed by atoms with Crippen molar-refractivity contribution in [2.75, 3.05) is 13.1 Å². The Balaban J connectivity index is 1.62. The Morgan fingerprint density at radius 3 is 1.89 bits per heavy atom. The standard InChI is InChI=1S/C54H83N5O16/c1-5-6-7-8-9-10-11-12-13-14-15-16-17-18-19-20-37(63)25-35-26-42(66)51(72)57-52(73)45-46(67)31(2)29-59(45)54(75)44(33(4)61)56-50(71)39(48(69)47(68)34-21-23-36(62)24-22-34)28-41(65)40-27-38(64)30-58(40)53(74)43(32(3)60)55-49(35)70/h9-10,12-13,21-24,31-33,35,38-40,42-48,51,60-62,64,66-69,72H,5-8,11,14-20,25-30H2,1-4H3,(H,55,70)(H,56,71)(H,57,73)/b10-9-,13-12-/t31-,32+,33+,35-,38+,39-,40-,42+,43-,44-,45-,46-,47-,48-,51+/m0/s1. The number of unbranched alkanes of at least 4 members (excludes halogenated alkanes) is 8. The van der Waals surface area contributed by atoms with Crippen LogP contribution in [0.2, 0.25) is 0 Å². The van der Waals surface area contributed by atoms with E-state index in [1.807, 2.05) is 0 Å². The van der Waals surface area contributed by atoms with Gasteiger partial charge in [0.1, 0.15) is 35.8 Å². The molecule has 3 fully saturated rings. The van der Waals surface area contributed by atoms with Gasteiger partial charge in [0.25, 0.3) is 0 Å². The number of hydrogen-bond acceptors (Lipinski definition) is 16. The largest absolute Gasteiger partial charge is 0.508 e. The van der Waals surface area contributed by atoms with Gasteiger partial charge in [-0.05, 0) is 76.5 Å². The van der Waals surface area contributed by atoms with Crippen molar-refractivity contribution in [3.63, 3.8) is 0 Å². The molecule has 0 aromatic heterocycles. The monoisotopic (exact) mass is 1060 g/mol. The predicted molar refractivity (Wildman–Crippen MR) is 273 cm³/mol. The maximum absolute atomic E-state index is 14.4. The van der Waals surface area contributed by atoms with E-state index < -0.39 is 164 Å². The summed E-state index contributed by atoms with van der Waals surface area (Å²) in [6, 6.07) is -2.25. The van der Waals surface area contributed by atoms with Crippen LogP contribution < -0.4 is 16.0 Å². The fourth-order valence-corrected chi connectivity index (χ4v) is 9.93. The summed E-state index contributed by atoms with van der Waals surface area (Å²) in [5.74, 6) is -11.5. The minimum Gasteiger partial charge on any atom is -0.508 e. The van der Waals surface area contributed by atoms with Gasteiger partial charge in [-0.15, -0.1) is 0 Å². The molecule has 3 aliphatic heterocycles. The fourth-order valence-electron chi connectivity index (χ4n) is 9.93. The van der Waals surface area contributed by atoms with Crippen LogP contribution in [-0.2, 0) is 33.6 Å². The zero-order valence-electron chi connectivity index (χ0n) is 43.8. The van der Waals surface area contributed by atoms with Gasteiger partial charge in [0.05, 0.1) is 48.6 Å². The van der Waals surface area contributed by atoms with Gasteiger partial charge >= 0.3 is 0 Å². The molecule has 0 saturated carbocycles. The molecule has 0 bridgehead atoms. The molecule has 0 aliphatic carbocycles. The molecule has 0 spiro atoms. The normalized spacial score (nSPS) is 29.6. The second kappa shape index (κ2) is 30.6. The van der Waals surface area contributed by atoms with Crippen LogP contribution in [0.4, 0.5) is 0 Å². The van der Waals surface area contributed by atoms with Crippen LogP contribution in [0.3, 0.4) is 0 Å². The number of benzene rings is 1. The lowest BCUT2D eigenvalue weighted by Gasteiger charge is -2.33. The van der Waals surface area contributed by atoms with Crippen molar-refractivity contribution in [3.8, 4) is 5.75 Å². The second-order valence-electron chi connectivity index (χ2n) is 20.7. The number of aromatic hydroxyl groups is 1. The van der Waals surface area contributed by atoms with Crippen molar-refractivity contribution in [2.45, 2.75) is 204 Å². The quantitative estimate of drug-likeness (QED) is 0.0600. The number of nitrogens with zero attached hydrogens (tertiary/aromatic N) is 2. The molecule has 75 heavy (non-hydrogen) atoms. The number of amides is 5. The molecule has 4 rings (SSSR count). The zero-order valence-corrected chi connectivity index (χ0v) is 43.8. The van der Waals surface area contributed by atoms with Crippen molar-refractivity contribution in [3.05, 3.63) is 54.1 Å². The smallest absolute Gasteiger partial charge is 0.248 e. The van der Waals surface area contributed by atoms with Crippen LogP contribution in [0.15, 0.2) is 48.6 Å². The molecule has 3 heterocycles. The van der Waals surface area contributed by atoms with Crippen LogP contribution >= 0.6 is 0 Å². The van der Waals surface area contributed by atoms with Crippen molar-refractivity contribution in [1.29, 1.82) is 0 Å². The summed E-state index contributed by atoms with van der Waals surface area (Å²) in [4.78, 5) is 101. The van der Waals surface area contributed by atoms with Gasteiger partial charge in [-0.2, -0.15) is 0 Å². The van der Waals surface area contributed by atoms with Gasteiger partial charge in [0.15, 0.2) is 12.0 Å². The number of allylic oxidation sites excluding steroid dienone is 4. The van der Waals surface area contributed by atoms with Gasteiger partial charge < -0.3 is 71.7 Å². The molecule has 3 saturated heterocycles. The van der Waals surface area contributed by atoms with E-state index in [2.05, 4.69) is 47.2 Å². The zero-order chi connectivity index (χ0) is 55.5. The molecule has 420 valence electrons. The van der Waals surface area contributed by atoms with Gasteiger partial charge in [-0.1, -0.05) is 82.4 Å². The second-order valence-corrected chi connectivity index (χ2v) is 20.7. The maximum atomic E-state index is 14.4. The number of nitrogens with one attached hydrogen (secondary N) is 3. The lowest BCUT2D eigenvalue weighted by molar-refractivity contribution is -0.149. The van der Waals surface area contributed by atoms with E-state index in [1.54, 1.807) is 0 Å². The summed E-state index contributed by atoms with van der Waals surface area (Å²) in [6.07, 6.45) is 2.08. The first-order chi connectivity index (χ1) is 35.6. The molecule has 3 aliphatic rings. The van der Waals surface area contributed by atoms with E-state index in [4.69, 9.17) is 0 Å². The molecule has 21 heteroatoms. The van der Waals surface area contributed by atoms with E-state index in [1.165, 1.54) is 50.5 Å². The Morgan fingerprint density at radius 1 is 0.707 bits per heavy atom. The van der Waals surface area contributed by atoms with Crippen LogP contribution in [0.1, 0.15) is 142 Å². The van der Waals surface area contributed by atoms with Gasteiger partial charge in [0, 0.05) is 50.6 Å². The minimum atomic E-state index is -2.18. The van der Waals surface area contributed by atoms with E-state index in [9.17, 15) is 79.5 Å². The third-order valence-corrected chi connectivity index (χ3v) is 14.5. The molecular formula is C54H83N5O16. The average Bonchev–Trinajstić information content (AvgIpc) is 3.91. The van der Waals surface area contributed by atoms with Crippen LogP contribution in [-0.4, -0.2) is 177 Å². The fraction of sp³-hybridized carbons (Fsp3) is 0.685. The number of carbonyl (C=O) groups is 7. The van der Waals surface area contributed by atoms with Gasteiger partial charge in [-0.3, -0.25) is 33.6 Å². The van der Waals surface area contributed by atoms with E-state index in [-0.39, 0.29) is 24.3 Å². The third kappa shape index (κ3) is 18.3. The summed E-state index contributed by atoms with van der Waals surface area (Å²) in [6.45, 7) is 5.13. The van der Waals surface area contributed by atoms with Gasteiger partial charge in [0.2, 0.25) is 29.5 Å². The lowest BCUT2D eigenvalue weighted by Crippen LogP contribution is -2.60. The number of rotatable bonds is 21. The SMILES string of the molecule is CCCCC/C=C\C/C=C\CCCCCCCC(=O)C[C@H]1C[C@@H](O)[C@@H](O)NC(=O)[C@@H]2[C@@H](O)[C@@H](C)CN2C(=O)[C@H]([C@@H](C)O)NC(=O)[C@H]([C@H](O)[C@@H](O)c2ccc(O)cc2)CC(=O)[C@@H]2C[C@@H](O)CN2C(=O)[C@H]([C@@H](C)O)NC1=O. The highest BCUT2D eigenvalue weighted by atomic mass is 16.3. The minimum absolute atomic E-state index is 0.0163. The number of phenolic OH excluding ortho intramolecular Hbond substituents is 1. The molecule has 21 nitrogen and oxygen atoms in total. The van der Waals surface area contributed by atoms with E-state index >= 15 is 0 Å². The third-order valence-electron chi connectivity index (χ3n) is 14.5. The number of fused-ring (bicyclic) bond motifs is 2. The van der Waals surface area contributed by atoms with E-state index in [0.717, 1.165) is 62.2 Å². The first-order valence-electron chi connectivity index (χ1n) is 26.7. The van der Waals surface area contributed by atoms with Crippen molar-refractivity contribution in [1.82, 2.24) is 25.8 Å². The summed E-state index contributed by atoms with van der Waals surface area (Å²) in [5.41, 5.74) is -0.0163. The number of hydrogen-bond donors (Lipinski definition) is 12. The highest BCUT2D eigenvalue weighted by molar-refractivity contribution is 5.98. The van der Waals surface area contributed by atoms with Crippen molar-refractivity contribution in [2.24, 2.45) is 17.8 Å². The predicted octanol–water partition coefficient (Wildman–Crippen LogP) is 0.851. The topological polar surface area (TPSA) is 344 Å². The molecule has 5 amide bonds. The Hall–Kier alpha value is -5.13. The lowest BCUT2D eigenvalue weighted by atomic mass is 9.86. The summed E-state index contributed by atoms with van der Waals surface area (Å²) >= 11 is 0. The van der Waals surface area contributed by atoms with Crippen LogP contribution in [0.5, 0.6) is 5.75 Å². The summed E-state index contributed by atoms with van der Waals surface area (Å²) < 4.78 is 0. The first kappa shape index (κ1) is 62.4. The molecule has 15 atom stereocenters. The molecule has 12 N–H and O–H groups in total. The number of aliphatic hydroxyl groups is 8. The first-order valence-corrected chi connectivity index (χ1v) is 26.7. The van der Waals surface area contributed by atoms with Crippen molar-refractivity contribution >= 4 is 41.1 Å². The summed E-state index contributed by atoms with van der Waals surface area (Å²) in [5, 5.41) is 106. The summed E-state index contributed by atoms with van der Waals surface area (Å²) in [7, 11) is 0. The molecule has 1 aromatic carbocycles. The number of ketones is 2. The molecule has 0 unspecified atom stereocenters. The molecule has 1 aromatic rings. The van der Waals surface area contributed by atoms with E-state index in [0.29, 0.717) is 12.8 Å². The number of aliphatic hydroxyl groups excluding tert-OH is 8. The maximum Gasteiger partial charge on any atom is 0.248 e. The molecular weight excluding hydrogens is 975 g/mol. The highest BCUT2D eigenvalue weighted by Gasteiger charge is 2.50. The molecule has 0 radical (unpaired) electrons. The van der Waals surface area contributed by atoms with Crippen molar-refractivity contribution < 1.29 is 79.5 Å². The Bertz CT molecular complexity index is 2100. The average molecular weight is 1060 g/mol. The Morgan fingerprint density at radius 2 is 1.28 bits per heavy atom. The number of carbonyl (C=O) groups excluding carboxylic acids is 7. The number of Topliss-reactive ketones (excluding diaryl/α,β-unsaturated/α-hetero) is 2. The number of phenols is 1. The van der Waals surface area contributed by atoms with Crippen LogP contribution in [0.25, 0.3) is 0 Å².